The van der Waals surface area contributed by atoms with Gasteiger partial charge in [-0.1, -0.05) is 48.0 Å². The number of amides is 3. The molecule has 9 nitrogen and oxygen atoms in total. The van der Waals surface area contributed by atoms with E-state index in [1.807, 2.05) is 13.8 Å². The fourth-order valence-corrected chi connectivity index (χ4v) is 2.78. The summed E-state index contributed by atoms with van der Waals surface area (Å²) >= 11 is 4.09. The van der Waals surface area contributed by atoms with Gasteiger partial charge >= 0.3 is 5.97 Å². The number of carbonyl (C=O) groups is 4. The van der Waals surface area contributed by atoms with E-state index < -0.39 is 47.9 Å². The smallest absolute Gasteiger partial charge is 0.326 e. The topological polar surface area (TPSA) is 151 Å². The Labute approximate surface area is 178 Å². The predicted octanol–water partition coefficient (Wildman–Crippen LogP) is 0.141. The standard InChI is InChI=1S/C19H36N4O5S/c1-7-11(6)13(20)17(25)22-14(9(2)3)18(26)21-12(8-29)16(24)23-15(10(4)5)19(27)28/h9-15,29H,7-8,20H2,1-6H3,(H,21,26)(H,22,25)(H,23,24)(H,27,28). The van der Waals surface area contributed by atoms with Crippen LogP contribution in [-0.2, 0) is 19.2 Å². The second kappa shape index (κ2) is 12.7. The normalized spacial score (nSPS) is 16.5. The number of carboxylic acids is 1. The van der Waals surface area contributed by atoms with Gasteiger partial charge in [0, 0.05) is 5.75 Å². The second-order valence-electron chi connectivity index (χ2n) is 7.95. The summed E-state index contributed by atoms with van der Waals surface area (Å²) in [7, 11) is 0. The van der Waals surface area contributed by atoms with Gasteiger partial charge in [-0.25, -0.2) is 4.79 Å². The van der Waals surface area contributed by atoms with E-state index >= 15 is 0 Å². The summed E-state index contributed by atoms with van der Waals surface area (Å²) in [6.07, 6.45) is 0.718. The van der Waals surface area contributed by atoms with Gasteiger partial charge in [-0.05, 0) is 17.8 Å². The molecule has 0 aliphatic rings. The number of aliphatic carboxylic acids is 1. The van der Waals surface area contributed by atoms with E-state index in [0.29, 0.717) is 0 Å². The monoisotopic (exact) mass is 432 g/mol. The van der Waals surface area contributed by atoms with Crippen LogP contribution in [0.1, 0.15) is 48.0 Å². The molecule has 0 aliphatic carbocycles. The Morgan fingerprint density at radius 2 is 1.34 bits per heavy atom. The van der Waals surface area contributed by atoms with Crippen LogP contribution in [0, 0.1) is 17.8 Å². The lowest BCUT2D eigenvalue weighted by Crippen LogP contribution is -2.59. The van der Waals surface area contributed by atoms with Crippen LogP contribution in [0.25, 0.3) is 0 Å². The lowest BCUT2D eigenvalue weighted by atomic mass is 9.97. The first-order valence-electron chi connectivity index (χ1n) is 9.87. The van der Waals surface area contributed by atoms with Crippen LogP contribution in [0.15, 0.2) is 0 Å². The Morgan fingerprint density at radius 3 is 1.72 bits per heavy atom. The zero-order valence-corrected chi connectivity index (χ0v) is 19.0. The molecular weight excluding hydrogens is 396 g/mol. The molecule has 0 saturated carbocycles. The Morgan fingerprint density at radius 1 is 0.862 bits per heavy atom. The van der Waals surface area contributed by atoms with Gasteiger partial charge in [0.05, 0.1) is 6.04 Å². The van der Waals surface area contributed by atoms with Gasteiger partial charge in [-0.2, -0.15) is 12.6 Å². The van der Waals surface area contributed by atoms with E-state index in [-0.39, 0.29) is 23.5 Å². The van der Waals surface area contributed by atoms with Crippen LogP contribution >= 0.6 is 12.6 Å². The zero-order valence-electron chi connectivity index (χ0n) is 18.1. The number of carbonyl (C=O) groups excluding carboxylic acids is 3. The summed E-state index contributed by atoms with van der Waals surface area (Å²) in [5.74, 6) is -3.49. The average Bonchev–Trinajstić information content (AvgIpc) is 2.65. The first-order chi connectivity index (χ1) is 13.4. The van der Waals surface area contributed by atoms with E-state index in [1.54, 1.807) is 27.7 Å². The van der Waals surface area contributed by atoms with E-state index in [1.165, 1.54) is 0 Å². The summed E-state index contributed by atoms with van der Waals surface area (Å²) in [4.78, 5) is 48.8. The van der Waals surface area contributed by atoms with Crippen molar-refractivity contribution in [3.63, 3.8) is 0 Å². The van der Waals surface area contributed by atoms with E-state index in [2.05, 4.69) is 28.6 Å². The molecule has 0 aromatic rings. The van der Waals surface area contributed by atoms with Gasteiger partial charge < -0.3 is 26.8 Å². The van der Waals surface area contributed by atoms with Gasteiger partial charge in [0.25, 0.3) is 0 Å². The maximum Gasteiger partial charge on any atom is 0.326 e. The quantitative estimate of drug-likeness (QED) is 0.241. The Hall–Kier alpha value is -1.81. The van der Waals surface area contributed by atoms with Crippen molar-refractivity contribution in [1.29, 1.82) is 0 Å². The molecule has 5 unspecified atom stereocenters. The molecule has 5 atom stereocenters. The highest BCUT2D eigenvalue weighted by molar-refractivity contribution is 7.80. The fraction of sp³-hybridized carbons (Fsp3) is 0.789. The van der Waals surface area contributed by atoms with Gasteiger partial charge in [-0.15, -0.1) is 0 Å². The predicted molar refractivity (Wildman–Crippen MR) is 114 cm³/mol. The third-order valence-electron chi connectivity index (χ3n) is 4.85. The second-order valence-corrected chi connectivity index (χ2v) is 8.32. The minimum Gasteiger partial charge on any atom is -0.480 e. The largest absolute Gasteiger partial charge is 0.480 e. The molecule has 29 heavy (non-hydrogen) atoms. The maximum atomic E-state index is 12.7. The Kier molecular flexibility index (Phi) is 11.9. The molecule has 0 heterocycles. The van der Waals surface area contributed by atoms with Gasteiger partial charge in [-0.3, -0.25) is 14.4 Å². The molecule has 3 amide bonds. The summed E-state index contributed by atoms with van der Waals surface area (Å²) in [6, 6.07) is -3.78. The molecule has 0 radical (unpaired) electrons. The highest BCUT2D eigenvalue weighted by Crippen LogP contribution is 2.09. The van der Waals surface area contributed by atoms with Gasteiger partial charge in [0.15, 0.2) is 0 Å². The van der Waals surface area contributed by atoms with Crippen molar-refractivity contribution in [3.05, 3.63) is 0 Å². The van der Waals surface area contributed by atoms with Crippen molar-refractivity contribution in [2.45, 2.75) is 72.1 Å². The van der Waals surface area contributed by atoms with Crippen molar-refractivity contribution >= 4 is 36.3 Å². The molecule has 0 fully saturated rings. The minimum absolute atomic E-state index is 0.0346. The molecule has 0 spiro atoms. The highest BCUT2D eigenvalue weighted by Gasteiger charge is 2.32. The average molecular weight is 433 g/mol. The first-order valence-corrected chi connectivity index (χ1v) is 10.5. The molecule has 0 aromatic carbocycles. The molecule has 0 saturated heterocycles. The van der Waals surface area contributed by atoms with Crippen molar-refractivity contribution < 1.29 is 24.3 Å². The molecular formula is C19H36N4O5S. The van der Waals surface area contributed by atoms with Crippen LogP contribution in [0.5, 0.6) is 0 Å². The number of thiol groups is 1. The SMILES string of the molecule is CCC(C)C(N)C(=O)NC(C(=O)NC(CS)C(=O)NC(C(=O)O)C(C)C)C(C)C. The van der Waals surface area contributed by atoms with Crippen molar-refractivity contribution in [2.75, 3.05) is 5.75 Å². The Bertz CT molecular complexity index is 585. The molecule has 0 aromatic heterocycles. The number of nitrogens with one attached hydrogen (secondary N) is 3. The third kappa shape index (κ3) is 8.61. The summed E-state index contributed by atoms with van der Waals surface area (Å²) < 4.78 is 0. The summed E-state index contributed by atoms with van der Waals surface area (Å²) in [5.41, 5.74) is 5.93. The lowest BCUT2D eigenvalue weighted by molar-refractivity contribution is -0.143. The molecule has 0 rings (SSSR count). The van der Waals surface area contributed by atoms with Gasteiger partial charge in [0.1, 0.15) is 18.1 Å². The number of nitrogens with two attached hydrogens (primary N) is 1. The number of hydrogen-bond acceptors (Lipinski definition) is 6. The van der Waals surface area contributed by atoms with Crippen LogP contribution in [0.3, 0.4) is 0 Å². The number of hydrogen-bond donors (Lipinski definition) is 6. The maximum absolute atomic E-state index is 12.7. The molecule has 0 aliphatic heterocycles. The fourth-order valence-electron chi connectivity index (χ4n) is 2.52. The van der Waals surface area contributed by atoms with Crippen LogP contribution in [0.2, 0.25) is 0 Å². The highest BCUT2D eigenvalue weighted by atomic mass is 32.1. The van der Waals surface area contributed by atoms with Crippen LogP contribution in [0.4, 0.5) is 0 Å². The molecule has 0 bridgehead atoms. The van der Waals surface area contributed by atoms with E-state index in [4.69, 9.17) is 5.73 Å². The molecule has 6 N–H and O–H groups in total. The Balaban J connectivity index is 5.20. The lowest BCUT2D eigenvalue weighted by Gasteiger charge is -2.27. The van der Waals surface area contributed by atoms with Crippen molar-refractivity contribution in [1.82, 2.24) is 16.0 Å². The number of rotatable bonds is 12. The first kappa shape index (κ1) is 27.2. The number of carboxylic acid groups (broad SMARTS) is 1. The van der Waals surface area contributed by atoms with E-state index in [0.717, 1.165) is 6.42 Å². The van der Waals surface area contributed by atoms with E-state index in [9.17, 15) is 24.3 Å². The zero-order chi connectivity index (χ0) is 22.9. The summed E-state index contributed by atoms with van der Waals surface area (Å²) in [5, 5.41) is 16.8. The minimum atomic E-state index is -1.16. The molecule has 168 valence electrons. The van der Waals surface area contributed by atoms with Crippen molar-refractivity contribution in [2.24, 2.45) is 23.5 Å². The van der Waals surface area contributed by atoms with Crippen LogP contribution < -0.4 is 21.7 Å². The van der Waals surface area contributed by atoms with Gasteiger partial charge in [0.2, 0.25) is 17.7 Å². The van der Waals surface area contributed by atoms with Crippen LogP contribution in [-0.4, -0.2) is 58.7 Å². The third-order valence-corrected chi connectivity index (χ3v) is 5.22. The molecule has 10 heteroatoms. The van der Waals surface area contributed by atoms with Crippen molar-refractivity contribution in [3.8, 4) is 0 Å². The summed E-state index contributed by atoms with van der Waals surface area (Å²) in [6.45, 7) is 10.6.